The van der Waals surface area contributed by atoms with E-state index in [1.165, 1.54) is 5.56 Å². The van der Waals surface area contributed by atoms with Gasteiger partial charge in [-0.1, -0.05) is 36.4 Å². The van der Waals surface area contributed by atoms with Crippen LogP contribution in [0.15, 0.2) is 65.1 Å². The number of furan rings is 1. The maximum atomic E-state index is 12.6. The van der Waals surface area contributed by atoms with E-state index in [0.29, 0.717) is 36.9 Å². The van der Waals surface area contributed by atoms with Crippen molar-refractivity contribution in [3.63, 3.8) is 0 Å². The van der Waals surface area contributed by atoms with Crippen molar-refractivity contribution in [1.29, 1.82) is 0 Å². The molecule has 1 aromatic heterocycles. The van der Waals surface area contributed by atoms with Gasteiger partial charge in [0.15, 0.2) is 17.3 Å². The van der Waals surface area contributed by atoms with Gasteiger partial charge < -0.3 is 23.9 Å². The number of rotatable bonds is 13. The topological polar surface area (TPSA) is 76.4 Å². The SMILES string of the molecule is COc1ccc(CN(Cc2ccccc2)Cc2ccc(C(=O)NCCCN3CCOCC3)o2)cc1OC. The van der Waals surface area contributed by atoms with E-state index in [4.69, 9.17) is 18.6 Å². The van der Waals surface area contributed by atoms with Crippen LogP contribution in [-0.2, 0) is 24.4 Å². The monoisotopic (exact) mass is 507 g/mol. The lowest BCUT2D eigenvalue weighted by Gasteiger charge is -2.26. The molecule has 198 valence electrons. The molecule has 2 aromatic carbocycles. The highest BCUT2D eigenvalue weighted by Gasteiger charge is 2.16. The highest BCUT2D eigenvalue weighted by atomic mass is 16.5. The first-order valence-corrected chi connectivity index (χ1v) is 12.8. The summed E-state index contributed by atoms with van der Waals surface area (Å²) in [4.78, 5) is 17.3. The van der Waals surface area contributed by atoms with Gasteiger partial charge in [-0.15, -0.1) is 0 Å². The lowest BCUT2D eigenvalue weighted by Crippen LogP contribution is -2.38. The molecule has 1 saturated heterocycles. The molecule has 1 N–H and O–H groups in total. The Bertz CT molecular complexity index is 1110. The minimum absolute atomic E-state index is 0.178. The summed E-state index contributed by atoms with van der Waals surface area (Å²) in [5.41, 5.74) is 2.30. The fourth-order valence-electron chi connectivity index (χ4n) is 4.47. The predicted molar refractivity (Wildman–Crippen MR) is 142 cm³/mol. The minimum Gasteiger partial charge on any atom is -0.493 e. The summed E-state index contributed by atoms with van der Waals surface area (Å²) in [7, 11) is 3.27. The molecule has 4 rings (SSSR count). The molecule has 1 aliphatic heterocycles. The van der Waals surface area contributed by atoms with Crippen LogP contribution in [0.5, 0.6) is 11.5 Å². The number of hydrogen-bond donors (Lipinski definition) is 1. The molecule has 0 aliphatic carbocycles. The standard InChI is InChI=1S/C29H37N3O5/c1-34-26-11-9-24(19-28(26)35-2)21-32(20-23-7-4-3-5-8-23)22-25-10-12-27(37-25)29(33)30-13-6-14-31-15-17-36-18-16-31/h3-5,7-12,19H,6,13-18,20-22H2,1-2H3,(H,30,33). The van der Waals surface area contributed by atoms with Crippen LogP contribution in [-0.4, -0.2) is 69.3 Å². The molecule has 8 heteroatoms. The number of nitrogens with zero attached hydrogens (tertiary/aromatic N) is 2. The normalized spacial score (nSPS) is 14.0. The van der Waals surface area contributed by atoms with Crippen LogP contribution in [0.3, 0.4) is 0 Å². The Morgan fingerprint density at radius 3 is 2.43 bits per heavy atom. The van der Waals surface area contributed by atoms with E-state index in [9.17, 15) is 4.79 Å². The molecule has 0 radical (unpaired) electrons. The van der Waals surface area contributed by atoms with Crippen LogP contribution in [0.4, 0.5) is 0 Å². The second-order valence-electron chi connectivity index (χ2n) is 9.15. The summed E-state index contributed by atoms with van der Waals surface area (Å²) in [5.74, 6) is 2.31. The summed E-state index contributed by atoms with van der Waals surface area (Å²) in [6, 6.07) is 19.9. The first-order valence-electron chi connectivity index (χ1n) is 12.8. The number of hydrogen-bond acceptors (Lipinski definition) is 7. The molecule has 1 aliphatic rings. The molecule has 0 atom stereocenters. The molecule has 0 unspecified atom stereocenters. The lowest BCUT2D eigenvalue weighted by molar-refractivity contribution is 0.0374. The minimum atomic E-state index is -0.178. The van der Waals surface area contributed by atoms with Crippen molar-refractivity contribution < 1.29 is 23.4 Å². The molecular formula is C29H37N3O5. The highest BCUT2D eigenvalue weighted by Crippen LogP contribution is 2.28. The van der Waals surface area contributed by atoms with Gasteiger partial charge in [0.2, 0.25) is 0 Å². The van der Waals surface area contributed by atoms with Gasteiger partial charge >= 0.3 is 0 Å². The second kappa shape index (κ2) is 13.8. The van der Waals surface area contributed by atoms with Gasteiger partial charge in [0, 0.05) is 32.7 Å². The fourth-order valence-corrected chi connectivity index (χ4v) is 4.47. The molecule has 1 fully saturated rings. The summed E-state index contributed by atoms with van der Waals surface area (Å²) in [5, 5.41) is 2.98. The highest BCUT2D eigenvalue weighted by molar-refractivity contribution is 5.91. The van der Waals surface area contributed by atoms with Gasteiger partial charge in [0.25, 0.3) is 5.91 Å². The van der Waals surface area contributed by atoms with E-state index in [1.54, 1.807) is 20.3 Å². The predicted octanol–water partition coefficient (Wildman–Crippen LogP) is 3.95. The summed E-state index contributed by atoms with van der Waals surface area (Å²) >= 11 is 0. The van der Waals surface area contributed by atoms with E-state index in [2.05, 4.69) is 27.2 Å². The Hall–Kier alpha value is -3.33. The van der Waals surface area contributed by atoms with E-state index in [1.807, 2.05) is 42.5 Å². The maximum absolute atomic E-state index is 12.6. The zero-order chi connectivity index (χ0) is 25.9. The van der Waals surface area contributed by atoms with Crippen molar-refractivity contribution >= 4 is 5.91 Å². The van der Waals surface area contributed by atoms with Crippen LogP contribution in [0, 0.1) is 0 Å². The molecular weight excluding hydrogens is 470 g/mol. The van der Waals surface area contributed by atoms with Crippen molar-refractivity contribution in [3.05, 3.63) is 83.3 Å². The van der Waals surface area contributed by atoms with Crippen molar-refractivity contribution in [2.24, 2.45) is 0 Å². The number of carbonyl (C=O) groups excluding carboxylic acids is 1. The molecule has 0 bridgehead atoms. The molecule has 0 saturated carbocycles. The van der Waals surface area contributed by atoms with Gasteiger partial charge in [-0.25, -0.2) is 0 Å². The van der Waals surface area contributed by atoms with E-state index >= 15 is 0 Å². The van der Waals surface area contributed by atoms with Gasteiger partial charge in [0.1, 0.15) is 5.76 Å². The Morgan fingerprint density at radius 2 is 1.68 bits per heavy atom. The molecule has 3 aromatic rings. The second-order valence-corrected chi connectivity index (χ2v) is 9.15. The Morgan fingerprint density at radius 1 is 0.919 bits per heavy atom. The summed E-state index contributed by atoms with van der Waals surface area (Å²) < 4.78 is 22.2. The van der Waals surface area contributed by atoms with Crippen LogP contribution in [0.25, 0.3) is 0 Å². The number of morpholine rings is 1. The van der Waals surface area contributed by atoms with Crippen LogP contribution in [0.1, 0.15) is 33.9 Å². The first-order chi connectivity index (χ1) is 18.1. The zero-order valence-electron chi connectivity index (χ0n) is 21.8. The van der Waals surface area contributed by atoms with Gasteiger partial charge in [-0.05, 0) is 48.4 Å². The van der Waals surface area contributed by atoms with Crippen molar-refractivity contribution in [1.82, 2.24) is 15.1 Å². The van der Waals surface area contributed by atoms with Crippen LogP contribution < -0.4 is 14.8 Å². The van der Waals surface area contributed by atoms with Crippen LogP contribution in [0.2, 0.25) is 0 Å². The average molecular weight is 508 g/mol. The summed E-state index contributed by atoms with van der Waals surface area (Å²) in [6.07, 6.45) is 0.898. The molecule has 0 spiro atoms. The number of nitrogens with one attached hydrogen (secondary N) is 1. The molecule has 37 heavy (non-hydrogen) atoms. The smallest absolute Gasteiger partial charge is 0.286 e. The zero-order valence-corrected chi connectivity index (χ0v) is 21.8. The van der Waals surface area contributed by atoms with Crippen LogP contribution >= 0.6 is 0 Å². The van der Waals surface area contributed by atoms with Gasteiger partial charge in [0.05, 0.1) is 34.0 Å². The summed E-state index contributed by atoms with van der Waals surface area (Å²) in [6.45, 7) is 7.04. The largest absolute Gasteiger partial charge is 0.493 e. The molecule has 2 heterocycles. The number of carbonyl (C=O) groups is 1. The third-order valence-electron chi connectivity index (χ3n) is 6.41. The number of ether oxygens (including phenoxy) is 3. The third kappa shape index (κ3) is 8.08. The molecule has 1 amide bonds. The Kier molecular flexibility index (Phi) is 9.99. The Labute approximate surface area is 219 Å². The van der Waals surface area contributed by atoms with Gasteiger partial charge in [-0.2, -0.15) is 0 Å². The number of benzene rings is 2. The van der Waals surface area contributed by atoms with E-state index in [-0.39, 0.29) is 5.91 Å². The van der Waals surface area contributed by atoms with E-state index in [0.717, 1.165) is 57.1 Å². The first kappa shape index (κ1) is 26.7. The quantitative estimate of drug-likeness (QED) is 0.351. The average Bonchev–Trinajstić information content (AvgIpc) is 3.40. The van der Waals surface area contributed by atoms with Crippen molar-refractivity contribution in [3.8, 4) is 11.5 Å². The van der Waals surface area contributed by atoms with Crippen molar-refractivity contribution in [2.75, 3.05) is 53.6 Å². The number of methoxy groups -OCH3 is 2. The fraction of sp³-hybridized carbons (Fsp3) is 0.414. The maximum Gasteiger partial charge on any atom is 0.286 e. The molecule has 8 nitrogen and oxygen atoms in total. The number of amides is 1. The lowest BCUT2D eigenvalue weighted by atomic mass is 10.1. The Balaban J connectivity index is 1.36. The van der Waals surface area contributed by atoms with Crippen molar-refractivity contribution in [2.45, 2.75) is 26.1 Å². The van der Waals surface area contributed by atoms with Gasteiger partial charge in [-0.3, -0.25) is 14.6 Å². The third-order valence-corrected chi connectivity index (χ3v) is 6.41. The van der Waals surface area contributed by atoms with E-state index < -0.39 is 0 Å².